The fourth-order valence-corrected chi connectivity index (χ4v) is 5.32. The molecule has 0 bridgehead atoms. The largest absolute Gasteiger partial charge is 0.330 e. The van der Waals surface area contributed by atoms with Crippen LogP contribution in [-0.2, 0) is 6.54 Å². The van der Waals surface area contributed by atoms with Gasteiger partial charge in [-0.15, -0.1) is 0 Å². The summed E-state index contributed by atoms with van der Waals surface area (Å²) in [6.07, 6.45) is 0.550. The zero-order valence-corrected chi connectivity index (χ0v) is 22.4. The standard InChI is InChI=1S/C28H32FN5O2S/c1-17(2)24(33(14-8-13-30)27(35)21-12-11-18(3)22(29)15-21)25-31-26-23(19(4)32-37-26)28(36)34(25)16-20-9-6-5-7-10-20/h5-7,9-12,15,17,24H,8,13-14,16,30H2,1-4H3/t24-/m1/s1. The average molecular weight is 522 g/mol. The van der Waals surface area contributed by atoms with Gasteiger partial charge in [0.1, 0.15) is 11.6 Å². The maximum absolute atomic E-state index is 14.4. The summed E-state index contributed by atoms with van der Waals surface area (Å²) < 4.78 is 20.4. The monoisotopic (exact) mass is 521 g/mol. The second kappa shape index (κ2) is 11.3. The number of benzene rings is 2. The smallest absolute Gasteiger partial charge is 0.264 e. The summed E-state index contributed by atoms with van der Waals surface area (Å²) in [6, 6.07) is 13.6. The van der Waals surface area contributed by atoms with Gasteiger partial charge in [0, 0.05) is 12.1 Å². The molecule has 7 nitrogen and oxygen atoms in total. The number of carbonyl (C=O) groups is 1. The van der Waals surface area contributed by atoms with Crippen molar-refractivity contribution >= 4 is 27.7 Å². The molecule has 0 spiro atoms. The van der Waals surface area contributed by atoms with Gasteiger partial charge in [0.15, 0.2) is 4.83 Å². The van der Waals surface area contributed by atoms with E-state index in [1.165, 1.54) is 17.6 Å². The number of aryl methyl sites for hydroxylation is 2. The van der Waals surface area contributed by atoms with Gasteiger partial charge in [-0.3, -0.25) is 14.2 Å². The van der Waals surface area contributed by atoms with Crippen molar-refractivity contribution in [2.24, 2.45) is 11.7 Å². The van der Waals surface area contributed by atoms with E-state index in [2.05, 4.69) is 4.37 Å². The fourth-order valence-electron chi connectivity index (χ4n) is 4.55. The van der Waals surface area contributed by atoms with Crippen molar-refractivity contribution in [3.05, 3.63) is 92.9 Å². The lowest BCUT2D eigenvalue weighted by molar-refractivity contribution is 0.0602. The molecule has 4 rings (SSSR count). The third-order valence-corrected chi connectivity index (χ3v) is 7.33. The highest BCUT2D eigenvalue weighted by molar-refractivity contribution is 7.12. The number of carbonyl (C=O) groups excluding carboxylic acids is 1. The summed E-state index contributed by atoms with van der Waals surface area (Å²) in [7, 11) is 0. The van der Waals surface area contributed by atoms with E-state index in [1.807, 2.05) is 44.2 Å². The molecule has 2 aromatic carbocycles. The number of fused-ring (bicyclic) bond motifs is 1. The third-order valence-electron chi connectivity index (χ3n) is 6.49. The van der Waals surface area contributed by atoms with Crippen molar-refractivity contribution in [1.82, 2.24) is 18.8 Å². The molecule has 2 heterocycles. The predicted octanol–water partition coefficient (Wildman–Crippen LogP) is 4.85. The van der Waals surface area contributed by atoms with Gasteiger partial charge in [-0.1, -0.05) is 50.2 Å². The van der Waals surface area contributed by atoms with Crippen molar-refractivity contribution in [2.75, 3.05) is 13.1 Å². The van der Waals surface area contributed by atoms with Crippen molar-refractivity contribution < 1.29 is 9.18 Å². The molecular weight excluding hydrogens is 489 g/mol. The van der Waals surface area contributed by atoms with Gasteiger partial charge in [0.2, 0.25) is 0 Å². The minimum atomic E-state index is -0.549. The van der Waals surface area contributed by atoms with Gasteiger partial charge < -0.3 is 10.6 Å². The fraction of sp³-hybridized carbons (Fsp3) is 0.357. The second-order valence-electron chi connectivity index (χ2n) is 9.59. The van der Waals surface area contributed by atoms with Crippen LogP contribution in [0.25, 0.3) is 10.2 Å². The number of halogens is 1. The van der Waals surface area contributed by atoms with Gasteiger partial charge in [0.05, 0.1) is 23.7 Å². The molecule has 0 saturated heterocycles. The van der Waals surface area contributed by atoms with E-state index in [0.29, 0.717) is 53.4 Å². The zero-order chi connectivity index (χ0) is 26.7. The molecule has 2 N–H and O–H groups in total. The Balaban J connectivity index is 1.91. The molecule has 9 heteroatoms. The lowest BCUT2D eigenvalue weighted by Gasteiger charge is -2.35. The van der Waals surface area contributed by atoms with Gasteiger partial charge in [-0.25, -0.2) is 9.37 Å². The molecule has 0 aliphatic heterocycles. The maximum Gasteiger partial charge on any atom is 0.264 e. The van der Waals surface area contributed by atoms with Crippen LogP contribution >= 0.6 is 11.5 Å². The number of nitrogens with two attached hydrogens (primary N) is 1. The van der Waals surface area contributed by atoms with Crippen LogP contribution in [0, 0.1) is 25.6 Å². The SMILES string of the molecule is Cc1ccc(C(=O)N(CCCN)[C@@H](c2nc3snc(C)c3c(=O)n2Cc2ccccc2)C(C)C)cc1F. The number of hydrogen-bond acceptors (Lipinski definition) is 6. The second-order valence-corrected chi connectivity index (χ2v) is 10.3. The van der Waals surface area contributed by atoms with Crippen LogP contribution in [0.5, 0.6) is 0 Å². The summed E-state index contributed by atoms with van der Waals surface area (Å²) >= 11 is 1.18. The maximum atomic E-state index is 14.4. The van der Waals surface area contributed by atoms with Crippen LogP contribution in [0.15, 0.2) is 53.3 Å². The Bertz CT molecular complexity index is 1460. The Kier molecular flexibility index (Phi) is 8.14. The van der Waals surface area contributed by atoms with E-state index in [1.54, 1.807) is 35.4 Å². The van der Waals surface area contributed by atoms with Crippen LogP contribution in [0.1, 0.15) is 59.3 Å². The molecule has 37 heavy (non-hydrogen) atoms. The third kappa shape index (κ3) is 5.47. The molecule has 0 aliphatic carbocycles. The summed E-state index contributed by atoms with van der Waals surface area (Å²) in [5, 5.41) is 0.493. The highest BCUT2D eigenvalue weighted by Gasteiger charge is 2.33. The Morgan fingerprint density at radius 2 is 1.89 bits per heavy atom. The molecule has 0 radical (unpaired) electrons. The van der Waals surface area contributed by atoms with E-state index in [9.17, 15) is 14.0 Å². The Hall–Kier alpha value is -3.43. The van der Waals surface area contributed by atoms with Gasteiger partial charge in [0.25, 0.3) is 11.5 Å². The first-order chi connectivity index (χ1) is 17.7. The van der Waals surface area contributed by atoms with E-state index in [-0.39, 0.29) is 22.9 Å². The van der Waals surface area contributed by atoms with E-state index in [0.717, 1.165) is 5.56 Å². The van der Waals surface area contributed by atoms with Crippen molar-refractivity contribution in [1.29, 1.82) is 0 Å². The minimum Gasteiger partial charge on any atom is -0.330 e. The number of amides is 1. The van der Waals surface area contributed by atoms with Gasteiger partial charge in [-0.05, 0) is 67.5 Å². The summed E-state index contributed by atoms with van der Waals surface area (Å²) in [4.78, 5) is 34.8. The van der Waals surface area contributed by atoms with E-state index in [4.69, 9.17) is 10.7 Å². The number of rotatable bonds is 9. The van der Waals surface area contributed by atoms with Crippen LogP contribution in [0.2, 0.25) is 0 Å². The van der Waals surface area contributed by atoms with Crippen LogP contribution in [-0.4, -0.2) is 37.8 Å². The van der Waals surface area contributed by atoms with Crippen LogP contribution < -0.4 is 11.3 Å². The normalized spacial score (nSPS) is 12.3. The first-order valence-corrected chi connectivity index (χ1v) is 13.2. The molecule has 0 saturated carbocycles. The Morgan fingerprint density at radius 1 is 1.16 bits per heavy atom. The lowest BCUT2D eigenvalue weighted by Crippen LogP contribution is -2.42. The molecule has 2 aromatic heterocycles. The highest BCUT2D eigenvalue weighted by atomic mass is 32.1. The number of hydrogen-bond donors (Lipinski definition) is 1. The summed E-state index contributed by atoms with van der Waals surface area (Å²) in [5.74, 6) is -0.381. The van der Waals surface area contributed by atoms with Crippen molar-refractivity contribution in [2.45, 2.75) is 46.7 Å². The van der Waals surface area contributed by atoms with Crippen LogP contribution in [0.4, 0.5) is 4.39 Å². The molecule has 0 fully saturated rings. The van der Waals surface area contributed by atoms with Gasteiger partial charge >= 0.3 is 0 Å². The number of nitrogens with zero attached hydrogens (tertiary/aromatic N) is 4. The first-order valence-electron chi connectivity index (χ1n) is 12.4. The molecule has 1 atom stereocenters. The van der Waals surface area contributed by atoms with Crippen molar-refractivity contribution in [3.63, 3.8) is 0 Å². The topological polar surface area (TPSA) is 94.1 Å². The number of aromatic nitrogens is 3. The molecule has 0 aliphatic rings. The lowest BCUT2D eigenvalue weighted by atomic mass is 9.98. The van der Waals surface area contributed by atoms with Gasteiger partial charge in [-0.2, -0.15) is 4.37 Å². The summed E-state index contributed by atoms with van der Waals surface area (Å²) in [6.45, 7) is 8.47. The van der Waals surface area contributed by atoms with Crippen LogP contribution in [0.3, 0.4) is 0 Å². The predicted molar refractivity (Wildman–Crippen MR) is 145 cm³/mol. The summed E-state index contributed by atoms with van der Waals surface area (Å²) in [5.41, 5.74) is 7.94. The average Bonchev–Trinajstić information content (AvgIpc) is 3.25. The van der Waals surface area contributed by atoms with E-state index < -0.39 is 11.9 Å². The molecule has 4 aromatic rings. The zero-order valence-electron chi connectivity index (χ0n) is 21.6. The molecule has 1 amide bonds. The highest BCUT2D eigenvalue weighted by Crippen LogP contribution is 2.31. The molecule has 0 unspecified atom stereocenters. The molecule has 194 valence electrons. The quantitative estimate of drug-likeness (QED) is 0.340. The Labute approximate surface area is 219 Å². The van der Waals surface area contributed by atoms with E-state index >= 15 is 0 Å². The Morgan fingerprint density at radius 3 is 2.54 bits per heavy atom. The molecular formula is C28H32FN5O2S. The first kappa shape index (κ1) is 26.6. The minimum absolute atomic E-state index is 0.0996. The van der Waals surface area contributed by atoms with Crippen molar-refractivity contribution in [3.8, 4) is 0 Å².